The number of aromatic nitrogens is 3. The molecule has 0 spiro atoms. The van der Waals surface area contributed by atoms with Crippen molar-refractivity contribution in [3.63, 3.8) is 0 Å². The zero-order valence-corrected chi connectivity index (χ0v) is 10.2. The van der Waals surface area contributed by atoms with Crippen LogP contribution >= 0.6 is 0 Å². The molecule has 0 saturated heterocycles. The van der Waals surface area contributed by atoms with Crippen molar-refractivity contribution in [3.8, 4) is 0 Å². The second-order valence-corrected chi connectivity index (χ2v) is 4.31. The Kier molecular flexibility index (Phi) is 3.54. The highest BCUT2D eigenvalue weighted by atomic mass is 16.3. The Hall–Kier alpha value is -1.68. The maximum atomic E-state index is 10.1. The summed E-state index contributed by atoms with van der Waals surface area (Å²) in [6.45, 7) is 1.93. The SMILES string of the molecule is Cc1cc(C(O)CCc2cnn(C)c2)ccn1. The first-order chi connectivity index (χ1) is 8.15. The molecule has 0 aliphatic carbocycles. The summed E-state index contributed by atoms with van der Waals surface area (Å²) in [4.78, 5) is 4.12. The van der Waals surface area contributed by atoms with E-state index in [0.717, 1.165) is 23.2 Å². The Morgan fingerprint density at radius 1 is 1.47 bits per heavy atom. The van der Waals surface area contributed by atoms with Gasteiger partial charge in [0, 0.05) is 25.1 Å². The summed E-state index contributed by atoms with van der Waals surface area (Å²) in [6.07, 6.45) is 6.65. The van der Waals surface area contributed by atoms with E-state index < -0.39 is 6.10 Å². The van der Waals surface area contributed by atoms with Crippen molar-refractivity contribution in [1.29, 1.82) is 0 Å². The molecule has 1 N–H and O–H groups in total. The number of nitrogens with zero attached hydrogens (tertiary/aromatic N) is 3. The number of pyridine rings is 1. The zero-order valence-electron chi connectivity index (χ0n) is 10.2. The lowest BCUT2D eigenvalue weighted by atomic mass is 10.0. The fourth-order valence-electron chi connectivity index (χ4n) is 1.85. The summed E-state index contributed by atoms with van der Waals surface area (Å²) in [5.41, 5.74) is 3.02. The predicted octanol–water partition coefficient (Wildman–Crippen LogP) is 1.79. The van der Waals surface area contributed by atoms with Crippen molar-refractivity contribution in [2.24, 2.45) is 7.05 Å². The first-order valence-corrected chi connectivity index (χ1v) is 5.73. The molecule has 2 rings (SSSR count). The molecule has 0 bridgehead atoms. The number of hydrogen-bond donors (Lipinski definition) is 1. The van der Waals surface area contributed by atoms with Gasteiger partial charge in [-0.25, -0.2) is 0 Å². The molecule has 0 aromatic carbocycles. The predicted molar refractivity (Wildman–Crippen MR) is 65.5 cm³/mol. The van der Waals surface area contributed by atoms with Gasteiger partial charge in [-0.05, 0) is 43.0 Å². The fraction of sp³-hybridized carbons (Fsp3) is 0.385. The molecule has 2 aromatic heterocycles. The third kappa shape index (κ3) is 3.14. The van der Waals surface area contributed by atoms with Crippen molar-refractivity contribution in [3.05, 3.63) is 47.5 Å². The average molecular weight is 231 g/mol. The van der Waals surface area contributed by atoms with Crippen LogP contribution in [-0.4, -0.2) is 19.9 Å². The van der Waals surface area contributed by atoms with Gasteiger partial charge in [0.2, 0.25) is 0 Å². The highest BCUT2D eigenvalue weighted by Crippen LogP contribution is 2.18. The zero-order chi connectivity index (χ0) is 12.3. The standard InChI is InChI=1S/C13H17N3O/c1-10-7-12(5-6-14-10)13(17)4-3-11-8-15-16(2)9-11/h5-9,13,17H,3-4H2,1-2H3. The van der Waals surface area contributed by atoms with Crippen LogP contribution in [0.5, 0.6) is 0 Å². The van der Waals surface area contributed by atoms with E-state index in [1.54, 1.807) is 10.9 Å². The summed E-state index contributed by atoms with van der Waals surface area (Å²) in [5, 5.41) is 14.2. The van der Waals surface area contributed by atoms with Gasteiger partial charge in [0.25, 0.3) is 0 Å². The van der Waals surface area contributed by atoms with E-state index in [1.165, 1.54) is 0 Å². The summed E-state index contributed by atoms with van der Waals surface area (Å²) >= 11 is 0. The molecule has 0 fully saturated rings. The van der Waals surface area contributed by atoms with Crippen LogP contribution < -0.4 is 0 Å². The average Bonchev–Trinajstić information content (AvgIpc) is 2.72. The monoisotopic (exact) mass is 231 g/mol. The smallest absolute Gasteiger partial charge is 0.0794 e. The normalized spacial score (nSPS) is 12.6. The molecule has 90 valence electrons. The third-order valence-electron chi connectivity index (χ3n) is 2.77. The van der Waals surface area contributed by atoms with Gasteiger partial charge in [-0.15, -0.1) is 0 Å². The lowest BCUT2D eigenvalue weighted by Crippen LogP contribution is -2.00. The van der Waals surface area contributed by atoms with E-state index in [1.807, 2.05) is 38.5 Å². The summed E-state index contributed by atoms with van der Waals surface area (Å²) < 4.78 is 1.78. The minimum atomic E-state index is -0.433. The van der Waals surface area contributed by atoms with Crippen molar-refractivity contribution in [2.75, 3.05) is 0 Å². The molecular weight excluding hydrogens is 214 g/mol. The molecule has 0 amide bonds. The van der Waals surface area contributed by atoms with Gasteiger partial charge in [0.1, 0.15) is 0 Å². The molecular formula is C13H17N3O. The molecule has 2 heterocycles. The van der Waals surface area contributed by atoms with E-state index in [9.17, 15) is 5.11 Å². The largest absolute Gasteiger partial charge is 0.388 e. The Balaban J connectivity index is 1.95. The van der Waals surface area contributed by atoms with Crippen LogP contribution in [-0.2, 0) is 13.5 Å². The minimum Gasteiger partial charge on any atom is -0.388 e. The summed E-state index contributed by atoms with van der Waals surface area (Å²) in [5.74, 6) is 0. The van der Waals surface area contributed by atoms with Crippen LogP contribution in [0.1, 0.15) is 29.3 Å². The van der Waals surface area contributed by atoms with Gasteiger partial charge >= 0.3 is 0 Å². The van der Waals surface area contributed by atoms with Gasteiger partial charge in [-0.2, -0.15) is 5.10 Å². The molecule has 4 nitrogen and oxygen atoms in total. The topological polar surface area (TPSA) is 50.9 Å². The molecule has 0 aliphatic heterocycles. The number of rotatable bonds is 4. The van der Waals surface area contributed by atoms with Gasteiger partial charge in [-0.1, -0.05) is 0 Å². The molecule has 0 aliphatic rings. The number of hydrogen-bond acceptors (Lipinski definition) is 3. The number of aliphatic hydroxyl groups excluding tert-OH is 1. The van der Waals surface area contributed by atoms with Crippen molar-refractivity contribution >= 4 is 0 Å². The van der Waals surface area contributed by atoms with Crippen LogP contribution in [0.3, 0.4) is 0 Å². The van der Waals surface area contributed by atoms with Crippen LogP contribution in [0.2, 0.25) is 0 Å². The fourth-order valence-corrected chi connectivity index (χ4v) is 1.85. The maximum Gasteiger partial charge on any atom is 0.0794 e. The quantitative estimate of drug-likeness (QED) is 0.872. The Morgan fingerprint density at radius 2 is 2.29 bits per heavy atom. The Morgan fingerprint density at radius 3 is 2.94 bits per heavy atom. The van der Waals surface area contributed by atoms with E-state index in [2.05, 4.69) is 10.1 Å². The van der Waals surface area contributed by atoms with Crippen LogP contribution in [0.4, 0.5) is 0 Å². The van der Waals surface area contributed by atoms with Crippen molar-refractivity contribution in [1.82, 2.24) is 14.8 Å². The summed E-state index contributed by atoms with van der Waals surface area (Å²) in [6, 6.07) is 3.79. The Labute approximate surface area is 101 Å². The first kappa shape index (κ1) is 11.8. The first-order valence-electron chi connectivity index (χ1n) is 5.73. The molecule has 17 heavy (non-hydrogen) atoms. The molecule has 4 heteroatoms. The lowest BCUT2D eigenvalue weighted by Gasteiger charge is -2.10. The van der Waals surface area contributed by atoms with Crippen LogP contribution in [0.15, 0.2) is 30.7 Å². The second kappa shape index (κ2) is 5.10. The third-order valence-corrected chi connectivity index (χ3v) is 2.77. The van der Waals surface area contributed by atoms with Crippen molar-refractivity contribution in [2.45, 2.75) is 25.9 Å². The number of aryl methyl sites for hydroxylation is 3. The molecule has 0 saturated carbocycles. The summed E-state index contributed by atoms with van der Waals surface area (Å²) in [7, 11) is 1.89. The highest BCUT2D eigenvalue weighted by Gasteiger charge is 2.08. The Bertz CT molecular complexity index is 493. The molecule has 1 atom stereocenters. The van der Waals surface area contributed by atoms with Gasteiger partial charge in [0.05, 0.1) is 12.3 Å². The van der Waals surface area contributed by atoms with E-state index in [4.69, 9.17) is 0 Å². The van der Waals surface area contributed by atoms with E-state index >= 15 is 0 Å². The van der Waals surface area contributed by atoms with Crippen molar-refractivity contribution < 1.29 is 5.11 Å². The van der Waals surface area contributed by atoms with Gasteiger partial charge in [0.15, 0.2) is 0 Å². The van der Waals surface area contributed by atoms with Crippen LogP contribution in [0.25, 0.3) is 0 Å². The lowest BCUT2D eigenvalue weighted by molar-refractivity contribution is 0.167. The minimum absolute atomic E-state index is 0.433. The molecule has 2 aromatic rings. The number of aliphatic hydroxyl groups is 1. The van der Waals surface area contributed by atoms with E-state index in [-0.39, 0.29) is 0 Å². The van der Waals surface area contributed by atoms with Gasteiger partial charge < -0.3 is 5.11 Å². The van der Waals surface area contributed by atoms with Gasteiger partial charge in [-0.3, -0.25) is 9.67 Å². The molecule has 1 unspecified atom stereocenters. The molecule has 0 radical (unpaired) electrons. The van der Waals surface area contributed by atoms with E-state index in [0.29, 0.717) is 6.42 Å². The second-order valence-electron chi connectivity index (χ2n) is 4.31. The highest BCUT2D eigenvalue weighted by molar-refractivity contribution is 5.18. The maximum absolute atomic E-state index is 10.1. The van der Waals surface area contributed by atoms with Crippen LogP contribution in [0, 0.1) is 6.92 Å².